The second-order valence-corrected chi connectivity index (χ2v) is 4.41. The lowest BCUT2D eigenvalue weighted by Gasteiger charge is -2.30. The summed E-state index contributed by atoms with van der Waals surface area (Å²) in [5.41, 5.74) is 0. The van der Waals surface area contributed by atoms with Gasteiger partial charge in [0.2, 0.25) is 0 Å². The highest BCUT2D eigenvalue weighted by Gasteiger charge is 2.18. The number of carbonyl (C=O) groups excluding carboxylic acids is 1. The number of ether oxygens (including phenoxy) is 1. The lowest BCUT2D eigenvalue weighted by atomic mass is 10.0. The van der Waals surface area contributed by atoms with Gasteiger partial charge in [0.05, 0.1) is 13.0 Å². The Morgan fingerprint density at radius 2 is 2.13 bits per heavy atom. The molecule has 88 valence electrons. The van der Waals surface area contributed by atoms with E-state index in [0.717, 1.165) is 19.6 Å². The highest BCUT2D eigenvalue weighted by Crippen LogP contribution is 2.08. The lowest BCUT2D eigenvalue weighted by Crippen LogP contribution is -2.43. The van der Waals surface area contributed by atoms with Crippen LogP contribution in [0.5, 0.6) is 0 Å². The molecule has 4 heteroatoms. The van der Waals surface area contributed by atoms with Gasteiger partial charge in [-0.2, -0.15) is 0 Å². The second-order valence-electron chi connectivity index (χ2n) is 4.41. The van der Waals surface area contributed by atoms with Crippen molar-refractivity contribution in [2.24, 2.45) is 5.92 Å². The van der Waals surface area contributed by atoms with Crippen LogP contribution in [0.3, 0.4) is 0 Å². The molecule has 0 aromatic carbocycles. The molecule has 0 spiro atoms. The number of hydrogen-bond acceptors (Lipinski definition) is 4. The third kappa shape index (κ3) is 4.18. The Hall–Kier alpha value is -0.610. The van der Waals surface area contributed by atoms with Crippen LogP contribution in [0.4, 0.5) is 0 Å². The summed E-state index contributed by atoms with van der Waals surface area (Å²) in [4.78, 5) is 13.5. The molecule has 0 aliphatic carbocycles. The molecule has 4 nitrogen and oxygen atoms in total. The lowest BCUT2D eigenvalue weighted by molar-refractivity contribution is -0.144. The number of nitrogens with zero attached hydrogens (tertiary/aromatic N) is 1. The van der Waals surface area contributed by atoms with E-state index in [0.29, 0.717) is 6.04 Å². The Labute approximate surface area is 92.0 Å². The van der Waals surface area contributed by atoms with Gasteiger partial charge in [0.1, 0.15) is 0 Å². The van der Waals surface area contributed by atoms with Crippen molar-refractivity contribution in [3.8, 4) is 0 Å². The fourth-order valence-corrected chi connectivity index (χ4v) is 1.84. The average molecular weight is 214 g/mol. The monoisotopic (exact) mass is 214 g/mol. The van der Waals surface area contributed by atoms with Crippen LogP contribution in [0.15, 0.2) is 0 Å². The predicted molar refractivity (Wildman–Crippen MR) is 59.7 cm³/mol. The number of likely N-dealkylation sites (tertiary alicyclic amines) is 1. The summed E-state index contributed by atoms with van der Waals surface area (Å²) in [5.74, 6) is -0.176. The van der Waals surface area contributed by atoms with Gasteiger partial charge < -0.3 is 15.0 Å². The van der Waals surface area contributed by atoms with E-state index in [2.05, 4.69) is 22.0 Å². The summed E-state index contributed by atoms with van der Waals surface area (Å²) in [6, 6.07) is 0.563. The molecule has 1 unspecified atom stereocenters. The first kappa shape index (κ1) is 12.5. The summed E-state index contributed by atoms with van der Waals surface area (Å²) in [7, 11) is 3.59. The predicted octanol–water partition coefficient (Wildman–Crippen LogP) is 0.479. The maximum Gasteiger partial charge on any atom is 0.309 e. The van der Waals surface area contributed by atoms with Crippen molar-refractivity contribution in [2.45, 2.75) is 25.8 Å². The fourth-order valence-electron chi connectivity index (χ4n) is 1.84. The summed E-state index contributed by atoms with van der Waals surface area (Å²) < 4.78 is 4.68. The average Bonchev–Trinajstić information content (AvgIpc) is 2.26. The first-order chi connectivity index (χ1) is 7.13. The van der Waals surface area contributed by atoms with Gasteiger partial charge in [-0.3, -0.25) is 4.79 Å². The standard InChI is InChI=1S/C11H22N2O2/c1-9(11(14)15-3)8-12-10-4-6-13(2)7-5-10/h9-10,12H,4-8H2,1-3H3. The molecule has 0 aromatic rings. The molecular formula is C11H22N2O2. The van der Waals surface area contributed by atoms with E-state index in [4.69, 9.17) is 0 Å². The Kier molecular flexibility index (Phi) is 5.05. The number of piperidine rings is 1. The van der Waals surface area contributed by atoms with Gasteiger partial charge in [-0.15, -0.1) is 0 Å². The molecule has 0 aromatic heterocycles. The Balaban J connectivity index is 2.17. The largest absolute Gasteiger partial charge is 0.469 e. The molecule has 1 heterocycles. The Bertz CT molecular complexity index is 201. The van der Waals surface area contributed by atoms with Crippen molar-refractivity contribution in [3.05, 3.63) is 0 Å². The minimum absolute atomic E-state index is 0.0466. The quantitative estimate of drug-likeness (QED) is 0.691. The van der Waals surface area contributed by atoms with Crippen molar-refractivity contribution >= 4 is 5.97 Å². The maximum absolute atomic E-state index is 11.2. The molecule has 1 aliphatic heterocycles. The van der Waals surface area contributed by atoms with Gasteiger partial charge in [-0.1, -0.05) is 6.92 Å². The Morgan fingerprint density at radius 3 is 2.67 bits per heavy atom. The second kappa shape index (κ2) is 6.08. The molecule has 1 N–H and O–H groups in total. The number of nitrogens with one attached hydrogen (secondary N) is 1. The van der Waals surface area contributed by atoms with Crippen molar-refractivity contribution in [3.63, 3.8) is 0 Å². The van der Waals surface area contributed by atoms with Crippen molar-refractivity contribution in [2.75, 3.05) is 33.8 Å². The van der Waals surface area contributed by atoms with Crippen LogP contribution in [0.1, 0.15) is 19.8 Å². The van der Waals surface area contributed by atoms with E-state index >= 15 is 0 Å². The van der Waals surface area contributed by atoms with Crippen LogP contribution in [-0.4, -0.2) is 50.7 Å². The van der Waals surface area contributed by atoms with Gasteiger partial charge in [0.25, 0.3) is 0 Å². The van der Waals surface area contributed by atoms with E-state index in [-0.39, 0.29) is 11.9 Å². The molecule has 15 heavy (non-hydrogen) atoms. The van der Waals surface area contributed by atoms with Crippen molar-refractivity contribution in [1.82, 2.24) is 10.2 Å². The van der Waals surface area contributed by atoms with E-state index < -0.39 is 0 Å². The molecule has 0 bridgehead atoms. The first-order valence-electron chi connectivity index (χ1n) is 5.63. The molecule has 0 saturated carbocycles. The van der Waals surface area contributed by atoms with Crippen molar-refractivity contribution in [1.29, 1.82) is 0 Å². The molecule has 1 fully saturated rings. The van der Waals surface area contributed by atoms with Gasteiger partial charge in [-0.05, 0) is 33.0 Å². The molecule has 0 radical (unpaired) electrons. The first-order valence-corrected chi connectivity index (χ1v) is 5.63. The minimum Gasteiger partial charge on any atom is -0.469 e. The molecule has 1 rings (SSSR count). The molecule has 1 atom stereocenters. The number of methoxy groups -OCH3 is 1. The number of carbonyl (C=O) groups is 1. The van der Waals surface area contributed by atoms with Crippen LogP contribution in [-0.2, 0) is 9.53 Å². The smallest absolute Gasteiger partial charge is 0.309 e. The highest BCUT2D eigenvalue weighted by molar-refractivity contribution is 5.72. The number of hydrogen-bond donors (Lipinski definition) is 1. The van der Waals surface area contributed by atoms with Crippen LogP contribution < -0.4 is 5.32 Å². The van der Waals surface area contributed by atoms with Crippen molar-refractivity contribution < 1.29 is 9.53 Å². The van der Waals surface area contributed by atoms with Crippen LogP contribution in [0.25, 0.3) is 0 Å². The maximum atomic E-state index is 11.2. The van der Waals surface area contributed by atoms with E-state index in [1.54, 1.807) is 0 Å². The molecular weight excluding hydrogens is 192 g/mol. The Morgan fingerprint density at radius 1 is 1.53 bits per heavy atom. The number of rotatable bonds is 4. The van der Waals surface area contributed by atoms with E-state index in [1.807, 2.05) is 6.92 Å². The molecule has 1 aliphatic rings. The van der Waals surface area contributed by atoms with E-state index in [9.17, 15) is 4.79 Å². The molecule has 1 saturated heterocycles. The highest BCUT2D eigenvalue weighted by atomic mass is 16.5. The van der Waals surface area contributed by atoms with Gasteiger partial charge in [0.15, 0.2) is 0 Å². The minimum atomic E-state index is -0.129. The summed E-state index contributed by atoms with van der Waals surface area (Å²) in [6.45, 7) is 4.91. The van der Waals surface area contributed by atoms with Gasteiger partial charge in [-0.25, -0.2) is 0 Å². The topological polar surface area (TPSA) is 41.6 Å². The van der Waals surface area contributed by atoms with Gasteiger partial charge >= 0.3 is 5.97 Å². The zero-order valence-corrected chi connectivity index (χ0v) is 9.95. The normalized spacial score (nSPS) is 21.3. The van der Waals surface area contributed by atoms with E-state index in [1.165, 1.54) is 20.0 Å². The zero-order chi connectivity index (χ0) is 11.3. The van der Waals surface area contributed by atoms with Crippen LogP contribution >= 0.6 is 0 Å². The summed E-state index contributed by atoms with van der Waals surface area (Å²) in [6.07, 6.45) is 2.34. The number of esters is 1. The van der Waals surface area contributed by atoms with Crippen LogP contribution in [0.2, 0.25) is 0 Å². The molecule has 0 amide bonds. The fraction of sp³-hybridized carbons (Fsp3) is 0.909. The third-order valence-corrected chi connectivity index (χ3v) is 3.03. The third-order valence-electron chi connectivity index (χ3n) is 3.03. The zero-order valence-electron chi connectivity index (χ0n) is 9.95. The van der Waals surface area contributed by atoms with Gasteiger partial charge in [0, 0.05) is 12.6 Å². The van der Waals surface area contributed by atoms with Crippen LogP contribution in [0, 0.1) is 5.92 Å². The SMILES string of the molecule is COC(=O)C(C)CNC1CCN(C)CC1. The summed E-state index contributed by atoms with van der Waals surface area (Å²) >= 11 is 0. The summed E-state index contributed by atoms with van der Waals surface area (Å²) in [5, 5.41) is 3.43.